The lowest BCUT2D eigenvalue weighted by atomic mass is 10.1. The zero-order chi connectivity index (χ0) is 21.8. The van der Waals surface area contributed by atoms with Crippen LogP contribution < -0.4 is 5.32 Å². The van der Waals surface area contributed by atoms with E-state index in [0.717, 1.165) is 46.7 Å². The van der Waals surface area contributed by atoms with Gasteiger partial charge in [0.15, 0.2) is 0 Å². The van der Waals surface area contributed by atoms with Crippen LogP contribution in [0.15, 0.2) is 36.8 Å². The average Bonchev–Trinajstić information content (AvgIpc) is 3.57. The van der Waals surface area contributed by atoms with E-state index in [2.05, 4.69) is 36.7 Å². The molecule has 0 saturated carbocycles. The van der Waals surface area contributed by atoms with Gasteiger partial charge in [0, 0.05) is 43.1 Å². The van der Waals surface area contributed by atoms with Gasteiger partial charge in [0.05, 0.1) is 17.2 Å². The Kier molecular flexibility index (Phi) is 6.33. The number of pyridine rings is 2. The summed E-state index contributed by atoms with van der Waals surface area (Å²) in [5, 5.41) is 26.4. The monoisotopic (exact) mass is 450 g/mol. The summed E-state index contributed by atoms with van der Waals surface area (Å²) in [6.07, 6.45) is 10.1. The molecule has 0 unspecified atom stereocenters. The number of fused-ring (bicyclic) bond motifs is 1. The molecule has 0 amide bonds. The SMILES string of the molecule is OCCc1nnc(Nc2ccc3ncc(-c4cnn(CCCN5CCCC5)c4)cc3n2)s1. The Balaban J connectivity index is 1.27. The smallest absolute Gasteiger partial charge is 0.211 e. The van der Waals surface area contributed by atoms with Crippen molar-refractivity contribution in [1.29, 1.82) is 0 Å². The Morgan fingerprint density at radius 1 is 1.03 bits per heavy atom. The van der Waals surface area contributed by atoms with Crippen LogP contribution in [0.3, 0.4) is 0 Å². The van der Waals surface area contributed by atoms with E-state index < -0.39 is 0 Å². The largest absolute Gasteiger partial charge is 0.396 e. The number of aliphatic hydroxyl groups is 1. The maximum atomic E-state index is 9.04. The van der Waals surface area contributed by atoms with Gasteiger partial charge in [-0.2, -0.15) is 5.10 Å². The fourth-order valence-electron chi connectivity index (χ4n) is 3.94. The standard InChI is InChI=1S/C22H26N8OS/c31-11-6-21-27-28-22(32-21)26-20-5-4-18-19(25-20)12-16(13-23-18)17-14-24-30(15-17)10-3-9-29-7-1-2-8-29/h4-5,12-15,31H,1-3,6-11H2,(H,25,26,28). The van der Waals surface area contributed by atoms with Crippen molar-refractivity contribution in [3.8, 4) is 11.1 Å². The Morgan fingerprint density at radius 2 is 1.94 bits per heavy atom. The molecule has 1 aliphatic heterocycles. The number of likely N-dealkylation sites (tertiary alicyclic amines) is 1. The van der Waals surface area contributed by atoms with Crippen LogP contribution in [-0.2, 0) is 13.0 Å². The van der Waals surface area contributed by atoms with Crippen LogP contribution in [0.4, 0.5) is 10.9 Å². The zero-order valence-electron chi connectivity index (χ0n) is 17.8. The predicted molar refractivity (Wildman–Crippen MR) is 125 cm³/mol. The Bertz CT molecular complexity index is 1180. The molecule has 0 radical (unpaired) electrons. The summed E-state index contributed by atoms with van der Waals surface area (Å²) in [6, 6.07) is 5.85. The lowest BCUT2D eigenvalue weighted by molar-refractivity contribution is 0.299. The molecule has 0 spiro atoms. The number of aromatic nitrogens is 6. The molecule has 1 saturated heterocycles. The van der Waals surface area contributed by atoms with Crippen LogP contribution in [0.5, 0.6) is 0 Å². The van der Waals surface area contributed by atoms with Gasteiger partial charge in [-0.25, -0.2) is 4.98 Å². The molecule has 5 heterocycles. The number of hydrogen-bond acceptors (Lipinski definition) is 9. The average molecular weight is 451 g/mol. The summed E-state index contributed by atoms with van der Waals surface area (Å²) >= 11 is 1.41. The van der Waals surface area contributed by atoms with Crippen LogP contribution in [-0.4, -0.2) is 66.2 Å². The summed E-state index contributed by atoms with van der Waals surface area (Å²) < 4.78 is 2.01. The first-order valence-corrected chi connectivity index (χ1v) is 11.8. The second kappa shape index (κ2) is 9.68. The predicted octanol–water partition coefficient (Wildman–Crippen LogP) is 3.11. The quantitative estimate of drug-likeness (QED) is 0.401. The van der Waals surface area contributed by atoms with Crippen LogP contribution in [0, 0.1) is 0 Å². The molecule has 1 aliphatic rings. The number of nitrogens with zero attached hydrogens (tertiary/aromatic N) is 7. The lowest BCUT2D eigenvalue weighted by Gasteiger charge is -2.13. The second-order valence-corrected chi connectivity index (χ2v) is 9.01. The molecule has 0 aliphatic carbocycles. The molecule has 166 valence electrons. The van der Waals surface area contributed by atoms with E-state index in [1.54, 1.807) is 0 Å². The highest BCUT2D eigenvalue weighted by Gasteiger charge is 2.11. The number of hydrogen-bond donors (Lipinski definition) is 2. The van der Waals surface area contributed by atoms with Crippen molar-refractivity contribution in [1.82, 2.24) is 34.8 Å². The van der Waals surface area contributed by atoms with E-state index in [1.807, 2.05) is 35.3 Å². The fourth-order valence-corrected chi connectivity index (χ4v) is 4.68. The molecule has 4 aromatic heterocycles. The highest BCUT2D eigenvalue weighted by atomic mass is 32.1. The lowest BCUT2D eigenvalue weighted by Crippen LogP contribution is -2.21. The van der Waals surface area contributed by atoms with Crippen molar-refractivity contribution in [3.05, 3.63) is 41.8 Å². The van der Waals surface area contributed by atoms with E-state index in [4.69, 9.17) is 10.1 Å². The van der Waals surface area contributed by atoms with E-state index >= 15 is 0 Å². The van der Waals surface area contributed by atoms with Crippen molar-refractivity contribution < 1.29 is 5.11 Å². The Hall–Kier alpha value is -2.95. The minimum Gasteiger partial charge on any atom is -0.396 e. The maximum Gasteiger partial charge on any atom is 0.211 e. The highest BCUT2D eigenvalue weighted by Crippen LogP contribution is 2.25. The van der Waals surface area contributed by atoms with E-state index in [9.17, 15) is 0 Å². The van der Waals surface area contributed by atoms with Gasteiger partial charge in [-0.1, -0.05) is 11.3 Å². The third-order valence-electron chi connectivity index (χ3n) is 5.59. The summed E-state index contributed by atoms with van der Waals surface area (Å²) in [5.41, 5.74) is 3.66. The van der Waals surface area contributed by atoms with Gasteiger partial charge in [-0.3, -0.25) is 9.67 Å². The van der Waals surface area contributed by atoms with Crippen molar-refractivity contribution >= 4 is 33.3 Å². The van der Waals surface area contributed by atoms with Crippen LogP contribution in [0.25, 0.3) is 22.2 Å². The van der Waals surface area contributed by atoms with Gasteiger partial charge < -0.3 is 15.3 Å². The van der Waals surface area contributed by atoms with Crippen molar-refractivity contribution in [3.63, 3.8) is 0 Å². The van der Waals surface area contributed by atoms with Crippen LogP contribution >= 0.6 is 11.3 Å². The van der Waals surface area contributed by atoms with Crippen molar-refractivity contribution in [2.24, 2.45) is 0 Å². The zero-order valence-corrected chi connectivity index (χ0v) is 18.6. The molecular weight excluding hydrogens is 424 g/mol. The Morgan fingerprint density at radius 3 is 2.81 bits per heavy atom. The van der Waals surface area contributed by atoms with Gasteiger partial charge in [0.25, 0.3) is 0 Å². The number of aryl methyl sites for hydroxylation is 1. The van der Waals surface area contributed by atoms with Crippen LogP contribution in [0.1, 0.15) is 24.3 Å². The summed E-state index contributed by atoms with van der Waals surface area (Å²) in [7, 11) is 0. The van der Waals surface area contributed by atoms with E-state index in [-0.39, 0.29) is 6.61 Å². The van der Waals surface area contributed by atoms with Crippen molar-refractivity contribution in [2.45, 2.75) is 32.2 Å². The minimum absolute atomic E-state index is 0.0618. The molecule has 0 bridgehead atoms. The van der Waals surface area contributed by atoms with E-state index in [1.165, 1.54) is 37.3 Å². The van der Waals surface area contributed by atoms with Gasteiger partial charge in [0.1, 0.15) is 10.8 Å². The van der Waals surface area contributed by atoms with Crippen LogP contribution in [0.2, 0.25) is 0 Å². The molecule has 0 aromatic carbocycles. The fraction of sp³-hybridized carbons (Fsp3) is 0.409. The molecule has 4 aromatic rings. The van der Waals surface area contributed by atoms with Gasteiger partial charge in [-0.05, 0) is 57.1 Å². The number of anilines is 2. The summed E-state index contributed by atoms with van der Waals surface area (Å²) in [5.74, 6) is 0.681. The number of aliphatic hydroxyl groups excluding tert-OH is 1. The molecular formula is C22H26N8OS. The summed E-state index contributed by atoms with van der Waals surface area (Å²) in [6.45, 7) is 4.60. The number of nitrogens with one attached hydrogen (secondary N) is 1. The first-order chi connectivity index (χ1) is 15.8. The van der Waals surface area contributed by atoms with Gasteiger partial charge in [-0.15, -0.1) is 10.2 Å². The van der Waals surface area contributed by atoms with Gasteiger partial charge in [0.2, 0.25) is 5.13 Å². The minimum atomic E-state index is 0.0618. The third kappa shape index (κ3) is 4.93. The van der Waals surface area contributed by atoms with Crippen molar-refractivity contribution in [2.75, 3.05) is 31.6 Å². The third-order valence-corrected chi connectivity index (χ3v) is 6.49. The topological polar surface area (TPSA) is 105 Å². The van der Waals surface area contributed by atoms with Gasteiger partial charge >= 0.3 is 0 Å². The maximum absolute atomic E-state index is 9.04. The number of rotatable bonds is 9. The molecule has 9 nitrogen and oxygen atoms in total. The normalized spacial score (nSPS) is 14.4. The van der Waals surface area contributed by atoms with E-state index in [0.29, 0.717) is 17.4 Å². The molecule has 5 rings (SSSR count). The Labute approximate surface area is 190 Å². The molecule has 10 heteroatoms. The molecule has 1 fully saturated rings. The first-order valence-electron chi connectivity index (χ1n) is 11.0. The second-order valence-electron chi connectivity index (χ2n) is 7.95. The highest BCUT2D eigenvalue weighted by molar-refractivity contribution is 7.15. The summed E-state index contributed by atoms with van der Waals surface area (Å²) in [4.78, 5) is 11.8. The molecule has 32 heavy (non-hydrogen) atoms. The molecule has 0 atom stereocenters. The molecule has 2 N–H and O–H groups in total. The first kappa shape index (κ1) is 20.9.